The number of carbonyl (C=O) groups is 2. The first-order valence-electron chi connectivity index (χ1n) is 7.84. The normalized spacial score (nSPS) is 12.5. The van der Waals surface area contributed by atoms with Crippen LogP contribution in [0, 0.1) is 15.5 Å². The van der Waals surface area contributed by atoms with Crippen LogP contribution in [0.25, 0.3) is 0 Å². The minimum atomic E-state index is -1.05. The van der Waals surface area contributed by atoms with Crippen LogP contribution in [-0.2, 0) is 16.0 Å². The Kier molecular flexibility index (Phi) is 6.88. The number of carbonyl (C=O) groups excluding carboxylic acids is 1. The summed E-state index contributed by atoms with van der Waals surface area (Å²) in [5, 5.41) is 22.5. The average molecular weight is 336 g/mol. The fraction of sp³-hybridized carbons (Fsp3) is 0.529. The third kappa shape index (κ3) is 7.21. The molecular weight excluding hydrogens is 312 g/mol. The summed E-state index contributed by atoms with van der Waals surface area (Å²) >= 11 is 0. The Morgan fingerprint density at radius 1 is 1.33 bits per heavy atom. The van der Waals surface area contributed by atoms with Gasteiger partial charge in [0.05, 0.1) is 4.92 Å². The van der Waals surface area contributed by atoms with Crippen LogP contribution < -0.4 is 5.32 Å². The fourth-order valence-corrected chi connectivity index (χ4v) is 2.18. The molecule has 0 bridgehead atoms. The molecule has 0 saturated heterocycles. The fourth-order valence-electron chi connectivity index (χ4n) is 2.18. The summed E-state index contributed by atoms with van der Waals surface area (Å²) in [6.45, 7) is 6.03. The number of nitrogens with one attached hydrogen (secondary N) is 1. The molecule has 0 aliphatic carbocycles. The van der Waals surface area contributed by atoms with E-state index in [1.54, 1.807) is 12.1 Å². The lowest BCUT2D eigenvalue weighted by molar-refractivity contribution is -0.384. The second-order valence-electron chi connectivity index (χ2n) is 6.98. The lowest BCUT2D eigenvalue weighted by Gasteiger charge is -2.21. The highest BCUT2D eigenvalue weighted by Gasteiger charge is 2.22. The maximum atomic E-state index is 12.0. The molecule has 0 aliphatic rings. The van der Waals surface area contributed by atoms with Crippen LogP contribution in [0.15, 0.2) is 24.3 Å². The molecule has 1 aromatic carbocycles. The van der Waals surface area contributed by atoms with E-state index < -0.39 is 16.9 Å². The summed E-state index contributed by atoms with van der Waals surface area (Å²) in [5.74, 6) is -1.43. The number of nitro benzene ring substituents is 1. The minimum Gasteiger partial charge on any atom is -0.480 e. The SMILES string of the molecule is CC(C)(C)CCC(NC(=O)CCc1cccc([N+](=O)[O-])c1)C(=O)O. The first kappa shape index (κ1) is 19.6. The summed E-state index contributed by atoms with van der Waals surface area (Å²) in [6.07, 6.45) is 1.44. The lowest BCUT2D eigenvalue weighted by atomic mass is 9.88. The molecule has 1 amide bonds. The Bertz CT molecular complexity index is 607. The van der Waals surface area contributed by atoms with E-state index in [4.69, 9.17) is 0 Å². The summed E-state index contributed by atoms with van der Waals surface area (Å²) in [6, 6.07) is 5.16. The van der Waals surface area contributed by atoms with E-state index in [2.05, 4.69) is 5.32 Å². The smallest absolute Gasteiger partial charge is 0.326 e. The van der Waals surface area contributed by atoms with E-state index in [-0.39, 0.29) is 23.4 Å². The molecule has 0 saturated carbocycles. The van der Waals surface area contributed by atoms with Crippen LogP contribution in [-0.4, -0.2) is 27.9 Å². The van der Waals surface area contributed by atoms with Crippen LogP contribution in [0.4, 0.5) is 5.69 Å². The van der Waals surface area contributed by atoms with Crippen LogP contribution in [0.2, 0.25) is 0 Å². The van der Waals surface area contributed by atoms with Crippen LogP contribution in [0.5, 0.6) is 0 Å². The number of hydrogen-bond donors (Lipinski definition) is 2. The lowest BCUT2D eigenvalue weighted by Crippen LogP contribution is -2.41. The quantitative estimate of drug-likeness (QED) is 0.560. The van der Waals surface area contributed by atoms with E-state index in [0.29, 0.717) is 24.8 Å². The first-order valence-corrected chi connectivity index (χ1v) is 7.84. The molecule has 1 aromatic rings. The number of nitro groups is 1. The van der Waals surface area contributed by atoms with Crippen molar-refractivity contribution in [2.75, 3.05) is 0 Å². The Balaban J connectivity index is 2.55. The number of carboxylic acid groups (broad SMARTS) is 1. The number of hydrogen-bond acceptors (Lipinski definition) is 4. The van der Waals surface area contributed by atoms with Crippen molar-refractivity contribution in [1.82, 2.24) is 5.32 Å². The van der Waals surface area contributed by atoms with Crippen molar-refractivity contribution in [2.24, 2.45) is 5.41 Å². The summed E-state index contributed by atoms with van der Waals surface area (Å²) in [4.78, 5) is 33.5. The van der Waals surface area contributed by atoms with Gasteiger partial charge in [-0.2, -0.15) is 0 Å². The van der Waals surface area contributed by atoms with Crippen molar-refractivity contribution in [2.45, 2.75) is 52.5 Å². The zero-order chi connectivity index (χ0) is 18.3. The van der Waals surface area contributed by atoms with Crippen molar-refractivity contribution in [3.63, 3.8) is 0 Å². The second kappa shape index (κ2) is 8.42. The molecule has 7 nitrogen and oxygen atoms in total. The monoisotopic (exact) mass is 336 g/mol. The molecule has 2 N–H and O–H groups in total. The van der Waals surface area contributed by atoms with Gasteiger partial charge in [0, 0.05) is 18.6 Å². The van der Waals surface area contributed by atoms with Crippen molar-refractivity contribution in [3.8, 4) is 0 Å². The standard InChI is InChI=1S/C17H24N2O5/c1-17(2,3)10-9-14(16(21)22)18-15(20)8-7-12-5-4-6-13(11-12)19(23)24/h4-6,11,14H,7-10H2,1-3H3,(H,18,20)(H,21,22). The highest BCUT2D eigenvalue weighted by molar-refractivity contribution is 5.83. The molecule has 1 atom stereocenters. The zero-order valence-electron chi connectivity index (χ0n) is 14.2. The maximum Gasteiger partial charge on any atom is 0.326 e. The molecule has 0 aromatic heterocycles. The van der Waals surface area contributed by atoms with E-state index in [9.17, 15) is 24.8 Å². The molecule has 0 radical (unpaired) electrons. The minimum absolute atomic E-state index is 0.0125. The van der Waals surface area contributed by atoms with Crippen molar-refractivity contribution < 1.29 is 19.6 Å². The van der Waals surface area contributed by atoms with Gasteiger partial charge in [0.1, 0.15) is 6.04 Å². The largest absolute Gasteiger partial charge is 0.480 e. The van der Waals surface area contributed by atoms with E-state index in [1.165, 1.54) is 12.1 Å². The Morgan fingerprint density at radius 2 is 2.00 bits per heavy atom. The van der Waals surface area contributed by atoms with E-state index in [0.717, 1.165) is 0 Å². The number of aryl methyl sites for hydroxylation is 1. The van der Waals surface area contributed by atoms with Gasteiger partial charge < -0.3 is 10.4 Å². The average Bonchev–Trinajstić information content (AvgIpc) is 2.48. The number of amides is 1. The Morgan fingerprint density at radius 3 is 2.54 bits per heavy atom. The molecule has 1 rings (SSSR count). The second-order valence-corrected chi connectivity index (χ2v) is 6.98. The number of non-ortho nitro benzene ring substituents is 1. The van der Waals surface area contributed by atoms with Gasteiger partial charge in [0.2, 0.25) is 5.91 Å². The Hall–Kier alpha value is -2.44. The van der Waals surface area contributed by atoms with Crippen LogP contribution in [0.3, 0.4) is 0 Å². The predicted octanol–water partition coefficient (Wildman–Crippen LogP) is 2.92. The van der Waals surface area contributed by atoms with Gasteiger partial charge in [-0.15, -0.1) is 0 Å². The summed E-state index contributed by atoms with van der Waals surface area (Å²) < 4.78 is 0. The summed E-state index contributed by atoms with van der Waals surface area (Å²) in [7, 11) is 0. The molecule has 0 heterocycles. The number of benzene rings is 1. The number of aliphatic carboxylic acids is 1. The number of carboxylic acids is 1. The van der Waals surface area contributed by atoms with Crippen molar-refractivity contribution in [1.29, 1.82) is 0 Å². The molecular formula is C17H24N2O5. The molecule has 0 fully saturated rings. The van der Waals surface area contributed by atoms with Gasteiger partial charge in [-0.3, -0.25) is 14.9 Å². The number of rotatable bonds is 8. The van der Waals surface area contributed by atoms with Gasteiger partial charge >= 0.3 is 5.97 Å². The van der Waals surface area contributed by atoms with Gasteiger partial charge in [-0.1, -0.05) is 32.9 Å². The van der Waals surface area contributed by atoms with Crippen LogP contribution in [0.1, 0.15) is 45.6 Å². The van der Waals surface area contributed by atoms with E-state index >= 15 is 0 Å². The van der Waals surface area contributed by atoms with Gasteiger partial charge in [0.25, 0.3) is 5.69 Å². The molecule has 0 aliphatic heterocycles. The van der Waals surface area contributed by atoms with Gasteiger partial charge in [-0.05, 0) is 30.2 Å². The van der Waals surface area contributed by atoms with Crippen molar-refractivity contribution in [3.05, 3.63) is 39.9 Å². The van der Waals surface area contributed by atoms with Gasteiger partial charge in [0.15, 0.2) is 0 Å². The van der Waals surface area contributed by atoms with Crippen molar-refractivity contribution >= 4 is 17.6 Å². The van der Waals surface area contributed by atoms with Gasteiger partial charge in [-0.25, -0.2) is 4.79 Å². The third-order valence-electron chi connectivity index (χ3n) is 3.58. The number of nitrogens with zero attached hydrogens (tertiary/aromatic N) is 1. The maximum absolute atomic E-state index is 12.0. The molecule has 132 valence electrons. The summed E-state index contributed by atoms with van der Waals surface area (Å²) in [5.41, 5.74) is 0.629. The first-order chi connectivity index (χ1) is 11.1. The third-order valence-corrected chi connectivity index (χ3v) is 3.58. The molecule has 0 spiro atoms. The zero-order valence-corrected chi connectivity index (χ0v) is 14.2. The van der Waals surface area contributed by atoms with E-state index in [1.807, 2.05) is 20.8 Å². The Labute approximate surface area is 141 Å². The molecule has 1 unspecified atom stereocenters. The molecule has 7 heteroatoms. The highest BCUT2D eigenvalue weighted by Crippen LogP contribution is 2.21. The topological polar surface area (TPSA) is 110 Å². The van der Waals surface area contributed by atoms with Crippen LogP contribution >= 0.6 is 0 Å². The molecule has 24 heavy (non-hydrogen) atoms. The highest BCUT2D eigenvalue weighted by atomic mass is 16.6. The predicted molar refractivity (Wildman–Crippen MR) is 89.7 cm³/mol.